The molecule has 1 atom stereocenters. The van der Waals surface area contributed by atoms with Gasteiger partial charge in [-0.2, -0.15) is 0 Å². The van der Waals surface area contributed by atoms with Crippen molar-refractivity contribution < 1.29 is 19.1 Å². The van der Waals surface area contributed by atoms with Gasteiger partial charge in [0.05, 0.1) is 13.2 Å². The van der Waals surface area contributed by atoms with Crippen LogP contribution in [0.25, 0.3) is 21.5 Å². The van der Waals surface area contributed by atoms with Gasteiger partial charge in [-0.05, 0) is 77.9 Å². The van der Waals surface area contributed by atoms with Crippen molar-refractivity contribution in [1.29, 1.82) is 0 Å². The number of ether oxygens (including phenoxy) is 2. The van der Waals surface area contributed by atoms with Crippen molar-refractivity contribution in [2.24, 2.45) is 5.92 Å². The molecule has 0 bridgehead atoms. The van der Waals surface area contributed by atoms with Crippen LogP contribution in [0.5, 0.6) is 0 Å². The van der Waals surface area contributed by atoms with Crippen molar-refractivity contribution in [3.63, 3.8) is 0 Å². The minimum absolute atomic E-state index is 0.175. The van der Waals surface area contributed by atoms with E-state index in [4.69, 9.17) is 9.47 Å². The van der Waals surface area contributed by atoms with Gasteiger partial charge in [0.1, 0.15) is 0 Å². The highest BCUT2D eigenvalue weighted by molar-refractivity contribution is 6.05. The number of carbonyl (C=O) groups is 2. The van der Waals surface area contributed by atoms with Gasteiger partial charge in [0, 0.05) is 5.92 Å². The first-order valence-electron chi connectivity index (χ1n) is 12.3. The molecule has 0 saturated carbocycles. The van der Waals surface area contributed by atoms with E-state index in [0.717, 1.165) is 11.1 Å². The van der Waals surface area contributed by atoms with E-state index in [1.54, 1.807) is 13.8 Å². The Morgan fingerprint density at radius 3 is 1.74 bits per heavy atom. The summed E-state index contributed by atoms with van der Waals surface area (Å²) in [6.45, 7) is 8.24. The van der Waals surface area contributed by atoms with Crippen LogP contribution in [0, 0.1) is 19.8 Å². The quantitative estimate of drug-likeness (QED) is 0.161. The summed E-state index contributed by atoms with van der Waals surface area (Å²) in [6, 6.07) is 25.0. The van der Waals surface area contributed by atoms with Gasteiger partial charge in [-0.15, -0.1) is 0 Å². The second-order valence-electron chi connectivity index (χ2n) is 8.86. The predicted molar refractivity (Wildman–Crippen MR) is 141 cm³/mol. The van der Waals surface area contributed by atoms with E-state index < -0.39 is 17.9 Å². The maximum Gasteiger partial charge on any atom is 0.320 e. The lowest BCUT2D eigenvalue weighted by Gasteiger charge is -2.23. The third kappa shape index (κ3) is 4.93. The van der Waals surface area contributed by atoms with E-state index in [2.05, 4.69) is 56.3 Å². The molecule has 0 amide bonds. The van der Waals surface area contributed by atoms with Gasteiger partial charge in [0.15, 0.2) is 5.92 Å². The average Bonchev–Trinajstić information content (AvgIpc) is 2.88. The molecule has 0 aliphatic heterocycles. The molecule has 180 valence electrons. The van der Waals surface area contributed by atoms with Crippen molar-refractivity contribution in [3.05, 3.63) is 95.1 Å². The summed E-state index contributed by atoms with van der Waals surface area (Å²) < 4.78 is 10.5. The van der Waals surface area contributed by atoms with E-state index in [0.29, 0.717) is 0 Å². The highest BCUT2D eigenvalue weighted by Crippen LogP contribution is 2.37. The van der Waals surface area contributed by atoms with Crippen LogP contribution in [0.3, 0.4) is 0 Å². The predicted octanol–water partition coefficient (Wildman–Crippen LogP) is 6.87. The van der Waals surface area contributed by atoms with Gasteiger partial charge < -0.3 is 9.47 Å². The molecule has 0 spiro atoms. The van der Waals surface area contributed by atoms with Crippen LogP contribution in [0.2, 0.25) is 0 Å². The van der Waals surface area contributed by atoms with Crippen LogP contribution in [0.4, 0.5) is 0 Å². The van der Waals surface area contributed by atoms with Gasteiger partial charge in [0.25, 0.3) is 0 Å². The van der Waals surface area contributed by atoms with Crippen molar-refractivity contribution in [3.8, 4) is 0 Å². The molecule has 0 aliphatic rings. The molecule has 1 unspecified atom stereocenters. The number of aryl methyl sites for hydroxylation is 2. The Labute approximate surface area is 206 Å². The molecule has 0 saturated heterocycles. The van der Waals surface area contributed by atoms with E-state index in [1.165, 1.54) is 32.7 Å². The summed E-state index contributed by atoms with van der Waals surface area (Å²) >= 11 is 0. The number of fused-ring (bicyclic) bond motifs is 2. The van der Waals surface area contributed by atoms with Crippen molar-refractivity contribution in [2.45, 2.75) is 40.0 Å². The smallest absolute Gasteiger partial charge is 0.320 e. The largest absolute Gasteiger partial charge is 0.465 e. The molecule has 0 N–H and O–H groups in total. The number of hydrogen-bond donors (Lipinski definition) is 0. The molecule has 4 aromatic rings. The fraction of sp³-hybridized carbons (Fsp3) is 0.290. The second kappa shape index (κ2) is 10.7. The minimum atomic E-state index is -0.991. The van der Waals surface area contributed by atoms with Crippen molar-refractivity contribution in [1.82, 2.24) is 0 Å². The van der Waals surface area contributed by atoms with E-state index in [-0.39, 0.29) is 25.6 Å². The topological polar surface area (TPSA) is 52.6 Å². The number of benzene rings is 4. The summed E-state index contributed by atoms with van der Waals surface area (Å²) in [4.78, 5) is 25.6. The Balaban J connectivity index is 1.86. The van der Waals surface area contributed by atoms with Crippen LogP contribution in [-0.4, -0.2) is 25.2 Å². The molecule has 0 heterocycles. The lowest BCUT2D eigenvalue weighted by Crippen LogP contribution is -2.30. The molecule has 0 aromatic heterocycles. The van der Waals surface area contributed by atoms with Crippen LogP contribution in [-0.2, 0) is 19.1 Å². The SMILES string of the molecule is CCOC(=O)C(CC(c1ccccc1)c1ccc2c(C)c3ccccc3c(C)c2c1)C(=O)OCC. The lowest BCUT2D eigenvalue weighted by atomic mass is 9.82. The van der Waals surface area contributed by atoms with Gasteiger partial charge >= 0.3 is 11.9 Å². The summed E-state index contributed by atoms with van der Waals surface area (Å²) in [5, 5.41) is 4.89. The summed E-state index contributed by atoms with van der Waals surface area (Å²) in [5.74, 6) is -2.24. The highest BCUT2D eigenvalue weighted by atomic mass is 16.6. The molecular weight excluding hydrogens is 436 g/mol. The molecule has 4 nitrogen and oxygen atoms in total. The summed E-state index contributed by atoms with van der Waals surface area (Å²) in [6.07, 6.45) is 0.277. The van der Waals surface area contributed by atoms with Crippen molar-refractivity contribution in [2.75, 3.05) is 13.2 Å². The first kappa shape index (κ1) is 24.5. The minimum Gasteiger partial charge on any atom is -0.465 e. The third-order valence-electron chi connectivity index (χ3n) is 6.80. The molecule has 4 heteroatoms. The fourth-order valence-corrected chi connectivity index (χ4v) is 5.00. The molecule has 0 radical (unpaired) electrons. The maximum absolute atomic E-state index is 12.8. The zero-order chi connectivity index (χ0) is 24.9. The molecule has 4 rings (SSSR count). The monoisotopic (exact) mass is 468 g/mol. The van der Waals surface area contributed by atoms with E-state index >= 15 is 0 Å². The van der Waals surface area contributed by atoms with E-state index in [9.17, 15) is 9.59 Å². The van der Waals surface area contributed by atoms with Crippen LogP contribution >= 0.6 is 0 Å². The normalized spacial score (nSPS) is 12.1. The Kier molecular flexibility index (Phi) is 7.50. The lowest BCUT2D eigenvalue weighted by molar-refractivity contribution is -0.162. The summed E-state index contributed by atoms with van der Waals surface area (Å²) in [7, 11) is 0. The second-order valence-corrected chi connectivity index (χ2v) is 8.86. The number of carbonyl (C=O) groups excluding carboxylic acids is 2. The first-order chi connectivity index (χ1) is 17.0. The molecule has 0 fully saturated rings. The first-order valence-corrected chi connectivity index (χ1v) is 12.3. The highest BCUT2D eigenvalue weighted by Gasteiger charge is 2.33. The maximum atomic E-state index is 12.8. The Hall–Kier alpha value is -3.66. The zero-order valence-electron chi connectivity index (χ0n) is 20.8. The number of rotatable bonds is 8. The Bertz CT molecular complexity index is 1340. The Morgan fingerprint density at radius 2 is 1.17 bits per heavy atom. The molecule has 35 heavy (non-hydrogen) atoms. The van der Waals surface area contributed by atoms with E-state index in [1.807, 2.05) is 30.3 Å². The van der Waals surface area contributed by atoms with Gasteiger partial charge in [0.2, 0.25) is 0 Å². The van der Waals surface area contributed by atoms with Crippen LogP contribution in [0.15, 0.2) is 72.8 Å². The standard InChI is InChI=1S/C31H32O4/c1-5-34-30(32)29(31(33)35-6-2)19-28(22-12-8-7-9-13-22)23-16-17-26-20(3)24-14-10-11-15-25(24)21(4)27(26)18-23/h7-18,28-29H,5-6,19H2,1-4H3. The molecular formula is C31H32O4. The van der Waals surface area contributed by atoms with Crippen molar-refractivity contribution >= 4 is 33.5 Å². The Morgan fingerprint density at radius 1 is 0.657 bits per heavy atom. The van der Waals surface area contributed by atoms with Gasteiger partial charge in [-0.3, -0.25) is 9.59 Å². The number of hydrogen-bond acceptors (Lipinski definition) is 4. The zero-order valence-corrected chi connectivity index (χ0v) is 20.8. The third-order valence-corrected chi connectivity index (χ3v) is 6.80. The van der Waals surface area contributed by atoms with Crippen LogP contribution in [0.1, 0.15) is 48.4 Å². The average molecular weight is 469 g/mol. The number of esters is 2. The summed E-state index contributed by atoms with van der Waals surface area (Å²) in [5.41, 5.74) is 4.57. The molecule has 4 aromatic carbocycles. The van der Waals surface area contributed by atoms with Gasteiger partial charge in [-0.1, -0.05) is 72.8 Å². The van der Waals surface area contributed by atoms with Gasteiger partial charge in [-0.25, -0.2) is 0 Å². The fourth-order valence-electron chi connectivity index (χ4n) is 5.00. The van der Waals surface area contributed by atoms with Crippen LogP contribution < -0.4 is 0 Å². The molecule has 0 aliphatic carbocycles.